The fourth-order valence-corrected chi connectivity index (χ4v) is 12.0. The molecule has 0 radical (unpaired) electrons. The number of benzene rings is 3. The number of hydrogen-bond donors (Lipinski definition) is 1. The molecule has 16 heteroatoms. The first-order valence-corrected chi connectivity index (χ1v) is 34.4. The van der Waals surface area contributed by atoms with E-state index in [4.69, 9.17) is 42.0 Å². The number of phosphoric ester groups is 1. The highest BCUT2D eigenvalue weighted by molar-refractivity contribution is 7.49. The molecule has 1 aliphatic rings. The molecule has 0 aromatic heterocycles. The quantitative estimate of drug-likeness (QED) is 0.0248. The summed E-state index contributed by atoms with van der Waals surface area (Å²) < 4.78 is 104. The van der Waals surface area contributed by atoms with Crippen molar-refractivity contribution in [3.63, 3.8) is 0 Å². The second-order valence-corrected chi connectivity index (χ2v) is 24.3. The normalized spacial score (nSPS) is 17.5. The lowest BCUT2D eigenvalue weighted by Gasteiger charge is -2.46. The van der Waals surface area contributed by atoms with Gasteiger partial charge in [-0.1, -0.05) is 267 Å². The summed E-state index contributed by atoms with van der Waals surface area (Å²) in [4.78, 5) is 27.6. The van der Waals surface area contributed by atoms with E-state index < -0.39 is 69.5 Å². The van der Waals surface area contributed by atoms with Crippen LogP contribution in [0.5, 0.6) is 11.5 Å². The molecule has 3 aromatic carbocycles. The van der Waals surface area contributed by atoms with Gasteiger partial charge in [0, 0.05) is 19.6 Å². The van der Waals surface area contributed by atoms with Crippen molar-refractivity contribution in [3.05, 3.63) is 109 Å². The first-order chi connectivity index (χ1) is 41.5. The third-order valence-electron chi connectivity index (χ3n) is 15.5. The molecule has 1 fully saturated rings. The van der Waals surface area contributed by atoms with Crippen molar-refractivity contribution in [1.29, 1.82) is 0 Å². The Labute approximate surface area is 510 Å². The van der Waals surface area contributed by atoms with E-state index in [-0.39, 0.29) is 43.8 Å². The Morgan fingerprint density at radius 2 is 1.06 bits per heavy atom. The number of para-hydroxylation sites is 2. The van der Waals surface area contributed by atoms with E-state index in [1.165, 1.54) is 115 Å². The van der Waals surface area contributed by atoms with Crippen LogP contribution in [0.1, 0.15) is 232 Å². The molecule has 85 heavy (non-hydrogen) atoms. The van der Waals surface area contributed by atoms with Crippen LogP contribution < -0.4 is 14.4 Å². The number of phosphoric acid groups is 1. The number of carbonyl (C=O) groups excluding carboxylic acids is 2. The van der Waals surface area contributed by atoms with Crippen molar-refractivity contribution in [2.45, 2.75) is 276 Å². The Balaban J connectivity index is 1.67. The van der Waals surface area contributed by atoms with Crippen LogP contribution >= 0.6 is 7.82 Å². The van der Waals surface area contributed by atoms with Crippen molar-refractivity contribution in [2.75, 3.05) is 26.4 Å². The Morgan fingerprint density at radius 1 is 0.588 bits per heavy atom. The Hall–Kier alpha value is -4.37. The minimum atomic E-state index is -4.87. The summed E-state index contributed by atoms with van der Waals surface area (Å²) in [5.41, 5.74) is 0.713. The maximum atomic E-state index is 16.3. The topological polar surface area (TPSA) is 146 Å². The monoisotopic (exact) mass is 1210 g/mol. The number of amides is 1. The molecule has 13 nitrogen and oxygen atoms in total. The lowest BCUT2D eigenvalue weighted by molar-refractivity contribution is -0.272. The zero-order valence-electron chi connectivity index (χ0n) is 52.2. The zero-order chi connectivity index (χ0) is 60.9. The van der Waals surface area contributed by atoms with Crippen LogP contribution in [0.3, 0.4) is 0 Å². The molecule has 0 aliphatic carbocycles. The highest BCUT2D eigenvalue weighted by Crippen LogP contribution is 2.52. The third-order valence-corrected chi connectivity index (χ3v) is 16.8. The molecule has 1 heterocycles. The molecule has 3 aromatic rings. The standard InChI is InChI=1S/C69H108F2NO12P/c1-5-9-12-15-18-21-24-27-30-42-52-69(70,71)67(73)72-63-65(77-55-51-59(46-37-29-26-23-20-17-14-11-7-3)76-54-43-31-28-25-22-19-16-13-10-6-2)64(84-85(75,82-60-47-38-33-39-48-60)83-61-49-40-34-41-50-61)62(81-66(63)78-53-8-4)57-80-68(74)79-56-58-44-35-32-36-45-58/h8,32-36,38-41,44-45,47-50,59,62-66H,4-7,9-31,37,42-43,46,51-57H2,1-3H3,(H,72,73)/t59-,62-,63-,64-,65-,66+/m1/s1. The lowest BCUT2D eigenvalue weighted by Crippen LogP contribution is -2.67. The molecule has 6 atom stereocenters. The van der Waals surface area contributed by atoms with Gasteiger partial charge in [0.15, 0.2) is 6.29 Å². The Morgan fingerprint density at radius 3 is 1.56 bits per heavy atom. The average molecular weight is 1210 g/mol. The second kappa shape index (κ2) is 45.8. The van der Waals surface area contributed by atoms with Gasteiger partial charge in [0.2, 0.25) is 0 Å². The van der Waals surface area contributed by atoms with E-state index >= 15 is 13.3 Å². The molecule has 1 amide bonds. The van der Waals surface area contributed by atoms with Gasteiger partial charge in [-0.05, 0) is 55.5 Å². The van der Waals surface area contributed by atoms with Crippen molar-refractivity contribution >= 4 is 19.9 Å². The van der Waals surface area contributed by atoms with Crippen LogP contribution in [0.15, 0.2) is 104 Å². The fraction of sp³-hybridized carbons (Fsp3) is 0.681. The maximum absolute atomic E-state index is 16.3. The predicted octanol–water partition coefficient (Wildman–Crippen LogP) is 19.4. The van der Waals surface area contributed by atoms with E-state index in [0.717, 1.165) is 70.6 Å². The smallest absolute Gasteiger partial charge is 0.431 e. The Bertz CT molecular complexity index is 2130. The number of unbranched alkanes of at least 4 members (excludes halogenated alkanes) is 26. The van der Waals surface area contributed by atoms with Gasteiger partial charge in [0.05, 0.1) is 12.7 Å². The van der Waals surface area contributed by atoms with Crippen molar-refractivity contribution in [1.82, 2.24) is 5.32 Å². The maximum Gasteiger partial charge on any atom is 0.588 e. The molecular formula is C69H108F2NO12P. The third kappa shape index (κ3) is 32.4. The van der Waals surface area contributed by atoms with Gasteiger partial charge in [-0.25, -0.2) is 9.36 Å². The molecule has 4 rings (SSSR count). The highest BCUT2D eigenvalue weighted by atomic mass is 31.2. The molecule has 0 unspecified atom stereocenters. The molecule has 480 valence electrons. The van der Waals surface area contributed by atoms with Crippen LogP contribution in [0.2, 0.25) is 0 Å². The molecule has 1 saturated heterocycles. The van der Waals surface area contributed by atoms with Gasteiger partial charge >= 0.3 is 19.9 Å². The predicted molar refractivity (Wildman–Crippen MR) is 335 cm³/mol. The van der Waals surface area contributed by atoms with Crippen LogP contribution in [-0.2, 0) is 48.9 Å². The van der Waals surface area contributed by atoms with Crippen LogP contribution in [0, 0.1) is 0 Å². The van der Waals surface area contributed by atoms with E-state index in [2.05, 4.69) is 32.7 Å². The van der Waals surface area contributed by atoms with Gasteiger partial charge in [-0.3, -0.25) is 9.32 Å². The first kappa shape index (κ1) is 73.1. The summed E-state index contributed by atoms with van der Waals surface area (Å²) >= 11 is 0. The van der Waals surface area contributed by atoms with Gasteiger partial charge in [-0.2, -0.15) is 8.78 Å². The van der Waals surface area contributed by atoms with Gasteiger partial charge < -0.3 is 42.8 Å². The fourth-order valence-electron chi connectivity index (χ4n) is 10.5. The second-order valence-electron chi connectivity index (χ2n) is 22.9. The largest absolute Gasteiger partial charge is 0.588 e. The van der Waals surface area contributed by atoms with Crippen LogP contribution in [-0.4, -0.2) is 81.2 Å². The minimum absolute atomic E-state index is 0.0176. The number of nitrogens with one attached hydrogen (secondary N) is 1. The van der Waals surface area contributed by atoms with E-state index in [1.54, 1.807) is 72.8 Å². The van der Waals surface area contributed by atoms with Crippen LogP contribution in [0.4, 0.5) is 13.6 Å². The van der Waals surface area contributed by atoms with Gasteiger partial charge in [-0.15, -0.1) is 6.58 Å². The summed E-state index contributed by atoms with van der Waals surface area (Å²) in [6, 6.07) is 24.1. The molecule has 0 bridgehead atoms. The Kier molecular flexibility index (Phi) is 39.4. The molecule has 1 N–H and O–H groups in total. The minimum Gasteiger partial charge on any atom is -0.431 e. The number of rotatable bonds is 52. The van der Waals surface area contributed by atoms with Crippen molar-refractivity contribution in [2.24, 2.45) is 0 Å². The first-order valence-electron chi connectivity index (χ1n) is 32.9. The lowest BCUT2D eigenvalue weighted by atomic mass is 9.95. The summed E-state index contributed by atoms with van der Waals surface area (Å²) in [6.07, 6.45) is 26.5. The molecule has 0 spiro atoms. The van der Waals surface area contributed by atoms with Gasteiger partial charge in [0.25, 0.3) is 5.91 Å². The van der Waals surface area contributed by atoms with Crippen LogP contribution in [0.25, 0.3) is 0 Å². The van der Waals surface area contributed by atoms with Crippen molar-refractivity contribution in [3.8, 4) is 11.5 Å². The summed E-state index contributed by atoms with van der Waals surface area (Å²) in [5, 5.41) is 2.56. The van der Waals surface area contributed by atoms with Crippen molar-refractivity contribution < 1.29 is 64.9 Å². The summed E-state index contributed by atoms with van der Waals surface area (Å²) in [5.74, 6) is -5.13. The van der Waals surface area contributed by atoms with Gasteiger partial charge in [0.1, 0.15) is 49.1 Å². The SMILES string of the molecule is C=CCO[C@H]1O[C@H](COC(=O)OCc2ccccc2)[C@@H](OP(=O)(Oc2ccccc2)Oc2ccccc2)[C@H](OCC[C@@H](CCCCCCCCCCC)OCCCCCCCCCCCC)[C@H]1NC(=O)C(F)(F)CCCCCCCCCCCC. The number of alkyl halides is 2. The zero-order valence-corrected chi connectivity index (χ0v) is 53.1. The number of carbonyl (C=O) groups is 2. The molecule has 1 aliphatic heterocycles. The summed E-state index contributed by atoms with van der Waals surface area (Å²) in [7, 11) is -4.87. The molecular weight excluding hydrogens is 1100 g/mol. The number of halogens is 2. The van der Waals surface area contributed by atoms with E-state index in [1.807, 2.05) is 18.2 Å². The molecule has 0 saturated carbocycles. The summed E-state index contributed by atoms with van der Waals surface area (Å²) in [6.45, 7) is 10.2. The highest BCUT2D eigenvalue weighted by Gasteiger charge is 2.54. The number of ether oxygens (including phenoxy) is 6. The van der Waals surface area contributed by atoms with E-state index in [9.17, 15) is 9.59 Å². The average Bonchev–Trinajstić information content (AvgIpc) is 2.89. The number of hydrogen-bond acceptors (Lipinski definition) is 12. The van der Waals surface area contributed by atoms with E-state index in [0.29, 0.717) is 25.0 Å².